The first-order chi connectivity index (χ1) is 8.10. The fraction of sp³-hybridized carbons (Fsp3) is 0.167. The molecule has 5 heteroatoms. The van der Waals surface area contributed by atoms with E-state index in [4.69, 9.17) is 4.42 Å². The van der Waals surface area contributed by atoms with E-state index in [2.05, 4.69) is 37.2 Å². The fourth-order valence-electron chi connectivity index (χ4n) is 1.70. The van der Waals surface area contributed by atoms with Gasteiger partial charge in [0.15, 0.2) is 4.67 Å². The van der Waals surface area contributed by atoms with Crippen LogP contribution in [-0.2, 0) is 0 Å². The SMILES string of the molecule is CNC(c1cc(F)cc(Br)c1)c1ccc(Br)o1. The maximum Gasteiger partial charge on any atom is 0.169 e. The summed E-state index contributed by atoms with van der Waals surface area (Å²) in [5.41, 5.74) is 0.807. The van der Waals surface area contributed by atoms with Crippen LogP contribution in [0, 0.1) is 5.82 Å². The number of hydrogen-bond donors (Lipinski definition) is 1. The van der Waals surface area contributed by atoms with E-state index < -0.39 is 0 Å². The lowest BCUT2D eigenvalue weighted by Crippen LogP contribution is -2.17. The number of hydrogen-bond acceptors (Lipinski definition) is 2. The van der Waals surface area contributed by atoms with Crippen molar-refractivity contribution in [2.75, 3.05) is 7.05 Å². The Morgan fingerprint density at radius 3 is 2.53 bits per heavy atom. The Labute approximate surface area is 115 Å². The van der Waals surface area contributed by atoms with Crippen molar-refractivity contribution in [2.45, 2.75) is 6.04 Å². The lowest BCUT2D eigenvalue weighted by Gasteiger charge is -2.14. The van der Waals surface area contributed by atoms with Gasteiger partial charge in [-0.25, -0.2) is 4.39 Å². The van der Waals surface area contributed by atoms with Gasteiger partial charge in [0.25, 0.3) is 0 Å². The summed E-state index contributed by atoms with van der Waals surface area (Å²) in [4.78, 5) is 0. The average molecular weight is 363 g/mol. The molecule has 0 saturated heterocycles. The molecule has 0 radical (unpaired) electrons. The third-order valence-electron chi connectivity index (χ3n) is 2.39. The quantitative estimate of drug-likeness (QED) is 0.882. The molecule has 0 amide bonds. The molecule has 2 nitrogen and oxygen atoms in total. The monoisotopic (exact) mass is 361 g/mol. The van der Waals surface area contributed by atoms with Gasteiger partial charge >= 0.3 is 0 Å². The minimum absolute atomic E-state index is 0.173. The van der Waals surface area contributed by atoms with Crippen LogP contribution in [0.4, 0.5) is 4.39 Å². The third kappa shape index (κ3) is 2.97. The predicted octanol–water partition coefficient (Wildman–Crippen LogP) is 4.25. The molecule has 17 heavy (non-hydrogen) atoms. The van der Waals surface area contributed by atoms with E-state index in [0.29, 0.717) is 9.14 Å². The highest BCUT2D eigenvalue weighted by atomic mass is 79.9. The molecule has 0 aliphatic heterocycles. The minimum Gasteiger partial charge on any atom is -0.452 e. The average Bonchev–Trinajstić information content (AvgIpc) is 2.64. The Morgan fingerprint density at radius 2 is 2.00 bits per heavy atom. The van der Waals surface area contributed by atoms with Crippen molar-refractivity contribution in [3.63, 3.8) is 0 Å². The predicted molar refractivity (Wildman–Crippen MR) is 71.4 cm³/mol. The second kappa shape index (κ2) is 5.33. The number of nitrogens with one attached hydrogen (secondary N) is 1. The van der Waals surface area contributed by atoms with Crippen molar-refractivity contribution in [1.29, 1.82) is 0 Å². The van der Waals surface area contributed by atoms with Gasteiger partial charge in [-0.1, -0.05) is 15.9 Å². The summed E-state index contributed by atoms with van der Waals surface area (Å²) in [6, 6.07) is 8.27. The second-order valence-corrected chi connectivity index (χ2v) is 5.26. The lowest BCUT2D eigenvalue weighted by molar-refractivity contribution is 0.446. The Kier molecular flexibility index (Phi) is 4.01. The Morgan fingerprint density at radius 1 is 1.24 bits per heavy atom. The van der Waals surface area contributed by atoms with Gasteiger partial charge in [-0.2, -0.15) is 0 Å². The first-order valence-corrected chi connectivity index (χ1v) is 6.57. The second-order valence-electron chi connectivity index (χ2n) is 3.57. The summed E-state index contributed by atoms with van der Waals surface area (Å²) in [6.45, 7) is 0. The van der Waals surface area contributed by atoms with Crippen LogP contribution >= 0.6 is 31.9 Å². The van der Waals surface area contributed by atoms with Crippen LogP contribution in [0.2, 0.25) is 0 Å². The highest BCUT2D eigenvalue weighted by molar-refractivity contribution is 9.10. The van der Waals surface area contributed by atoms with Crippen LogP contribution in [-0.4, -0.2) is 7.05 Å². The van der Waals surface area contributed by atoms with Gasteiger partial charge in [0.1, 0.15) is 11.6 Å². The van der Waals surface area contributed by atoms with Crippen LogP contribution in [0.3, 0.4) is 0 Å². The summed E-state index contributed by atoms with van der Waals surface area (Å²) in [6.07, 6.45) is 0. The Bertz CT molecular complexity index is 507. The van der Waals surface area contributed by atoms with Gasteiger partial charge in [0.05, 0.1) is 6.04 Å². The summed E-state index contributed by atoms with van der Waals surface area (Å²) in [5.74, 6) is 0.456. The first kappa shape index (κ1) is 12.8. The van der Waals surface area contributed by atoms with Crippen LogP contribution in [0.25, 0.3) is 0 Å². The zero-order valence-electron chi connectivity index (χ0n) is 9.01. The van der Waals surface area contributed by atoms with Crippen LogP contribution < -0.4 is 5.32 Å². The van der Waals surface area contributed by atoms with Crippen molar-refractivity contribution in [3.8, 4) is 0 Å². The Balaban J connectivity index is 2.41. The maximum atomic E-state index is 13.3. The highest BCUT2D eigenvalue weighted by Gasteiger charge is 2.17. The third-order valence-corrected chi connectivity index (χ3v) is 3.27. The molecule has 0 saturated carbocycles. The van der Waals surface area contributed by atoms with E-state index in [9.17, 15) is 4.39 Å². The molecule has 0 aliphatic rings. The van der Waals surface area contributed by atoms with Crippen LogP contribution in [0.5, 0.6) is 0 Å². The lowest BCUT2D eigenvalue weighted by atomic mass is 10.0. The van der Waals surface area contributed by atoms with Gasteiger partial charge in [0.2, 0.25) is 0 Å². The molecule has 1 aromatic carbocycles. The summed E-state index contributed by atoms with van der Waals surface area (Å²) in [5, 5.41) is 3.10. The molecule has 1 heterocycles. The number of halogens is 3. The first-order valence-electron chi connectivity index (χ1n) is 4.98. The van der Waals surface area contributed by atoms with E-state index in [-0.39, 0.29) is 11.9 Å². The van der Waals surface area contributed by atoms with Crippen molar-refractivity contribution < 1.29 is 8.81 Å². The van der Waals surface area contributed by atoms with E-state index >= 15 is 0 Å². The zero-order valence-corrected chi connectivity index (χ0v) is 12.2. The van der Waals surface area contributed by atoms with Gasteiger partial charge in [0, 0.05) is 4.47 Å². The molecule has 1 aromatic heterocycles. The molecular weight excluding hydrogens is 353 g/mol. The standard InChI is InChI=1S/C12H10Br2FNO/c1-16-12(10-2-3-11(14)17-10)7-4-8(13)6-9(15)5-7/h2-6,12,16H,1H3. The van der Waals surface area contributed by atoms with E-state index in [1.807, 2.05) is 18.2 Å². The largest absolute Gasteiger partial charge is 0.452 e. The van der Waals surface area contributed by atoms with E-state index in [1.165, 1.54) is 12.1 Å². The van der Waals surface area contributed by atoms with Gasteiger partial charge < -0.3 is 9.73 Å². The molecule has 0 bridgehead atoms. The molecule has 0 aliphatic carbocycles. The van der Waals surface area contributed by atoms with Crippen molar-refractivity contribution in [2.24, 2.45) is 0 Å². The molecule has 2 aromatic rings. The summed E-state index contributed by atoms with van der Waals surface area (Å²) in [7, 11) is 1.81. The number of furan rings is 1. The van der Waals surface area contributed by atoms with Gasteiger partial charge in [-0.15, -0.1) is 0 Å². The molecule has 90 valence electrons. The molecule has 1 atom stereocenters. The van der Waals surface area contributed by atoms with Crippen LogP contribution in [0.1, 0.15) is 17.4 Å². The van der Waals surface area contributed by atoms with Crippen molar-refractivity contribution >= 4 is 31.9 Å². The molecule has 1 N–H and O–H groups in total. The van der Waals surface area contributed by atoms with Crippen molar-refractivity contribution in [1.82, 2.24) is 5.32 Å². The summed E-state index contributed by atoms with van der Waals surface area (Å²) >= 11 is 6.53. The molecular formula is C12H10Br2FNO. The highest BCUT2D eigenvalue weighted by Crippen LogP contribution is 2.28. The van der Waals surface area contributed by atoms with E-state index in [0.717, 1.165) is 11.3 Å². The molecule has 0 spiro atoms. The molecule has 1 unspecified atom stereocenters. The minimum atomic E-state index is -0.278. The smallest absolute Gasteiger partial charge is 0.169 e. The molecule has 2 rings (SSSR count). The number of rotatable bonds is 3. The van der Waals surface area contributed by atoms with Crippen LogP contribution in [0.15, 0.2) is 43.9 Å². The van der Waals surface area contributed by atoms with Gasteiger partial charge in [-0.05, 0) is 58.9 Å². The zero-order chi connectivity index (χ0) is 12.4. The van der Waals surface area contributed by atoms with Crippen molar-refractivity contribution in [3.05, 3.63) is 56.6 Å². The number of benzene rings is 1. The van der Waals surface area contributed by atoms with E-state index in [1.54, 1.807) is 7.05 Å². The Hall–Kier alpha value is -0.650. The summed E-state index contributed by atoms with van der Waals surface area (Å²) < 4.78 is 20.2. The molecule has 0 fully saturated rings. The topological polar surface area (TPSA) is 25.2 Å². The van der Waals surface area contributed by atoms with Gasteiger partial charge in [-0.3, -0.25) is 0 Å². The fourth-order valence-corrected chi connectivity index (χ4v) is 2.50. The normalized spacial score (nSPS) is 12.7. The maximum absolute atomic E-state index is 13.3.